The summed E-state index contributed by atoms with van der Waals surface area (Å²) in [7, 11) is 0. The predicted octanol–water partition coefficient (Wildman–Crippen LogP) is 4.15. The van der Waals surface area contributed by atoms with Gasteiger partial charge in [-0.25, -0.2) is 0 Å². The van der Waals surface area contributed by atoms with Gasteiger partial charge in [0, 0.05) is 29.2 Å². The molecule has 0 radical (unpaired) electrons. The molecule has 0 fully saturated rings. The maximum Gasteiger partial charge on any atom is 0.120 e. The Kier molecular flexibility index (Phi) is 4.71. The van der Waals surface area contributed by atoms with Crippen LogP contribution in [0.5, 0.6) is 5.75 Å². The maximum atomic E-state index is 5.93. The highest BCUT2D eigenvalue weighted by atomic mass is 16.5. The lowest BCUT2D eigenvalue weighted by atomic mass is 10.1. The first-order valence-corrected chi connectivity index (χ1v) is 7.52. The lowest BCUT2D eigenvalue weighted by Crippen LogP contribution is -2.22. The van der Waals surface area contributed by atoms with Gasteiger partial charge in [-0.3, -0.25) is 0 Å². The topological polar surface area (TPSA) is 37.0 Å². The molecule has 0 spiro atoms. The fourth-order valence-electron chi connectivity index (χ4n) is 2.28. The summed E-state index contributed by atoms with van der Waals surface area (Å²) in [5.74, 6) is 0.955. The zero-order valence-corrected chi connectivity index (χ0v) is 13.2. The number of nitrogens with one attached hydrogen (secondary N) is 2. The molecule has 2 aromatic rings. The normalized spacial score (nSPS) is 13.1. The molecule has 20 heavy (non-hydrogen) atoms. The molecule has 1 heterocycles. The van der Waals surface area contributed by atoms with Gasteiger partial charge in [0.1, 0.15) is 5.75 Å². The van der Waals surface area contributed by atoms with E-state index in [0.717, 1.165) is 18.7 Å². The second kappa shape index (κ2) is 6.31. The third kappa shape index (κ3) is 3.34. The molecule has 3 heteroatoms. The molecule has 0 saturated carbocycles. The number of aryl methyl sites for hydroxylation is 1. The largest absolute Gasteiger partial charge is 0.491 e. The van der Waals surface area contributed by atoms with E-state index < -0.39 is 0 Å². The van der Waals surface area contributed by atoms with E-state index in [1.54, 1.807) is 0 Å². The van der Waals surface area contributed by atoms with E-state index in [-0.39, 0.29) is 6.10 Å². The Labute approximate surface area is 121 Å². The fourth-order valence-corrected chi connectivity index (χ4v) is 2.28. The summed E-state index contributed by atoms with van der Waals surface area (Å²) in [5.41, 5.74) is 3.75. The van der Waals surface area contributed by atoms with Crippen LogP contribution in [0, 0.1) is 6.92 Å². The van der Waals surface area contributed by atoms with Crippen LogP contribution in [0.25, 0.3) is 10.9 Å². The minimum absolute atomic E-state index is 0.254. The molecule has 1 aromatic carbocycles. The van der Waals surface area contributed by atoms with E-state index in [1.165, 1.54) is 22.2 Å². The molecule has 0 aliphatic carbocycles. The van der Waals surface area contributed by atoms with Crippen LogP contribution in [0.1, 0.15) is 45.4 Å². The fraction of sp³-hybridized carbons (Fsp3) is 0.529. The van der Waals surface area contributed by atoms with Gasteiger partial charge >= 0.3 is 0 Å². The smallest absolute Gasteiger partial charge is 0.120 e. The number of aromatic nitrogens is 1. The van der Waals surface area contributed by atoms with Gasteiger partial charge in [0.25, 0.3) is 0 Å². The highest BCUT2D eigenvalue weighted by Gasteiger charge is 2.10. The van der Waals surface area contributed by atoms with E-state index in [4.69, 9.17) is 4.74 Å². The minimum atomic E-state index is 0.254. The second-order valence-electron chi connectivity index (χ2n) is 5.81. The van der Waals surface area contributed by atoms with Crippen molar-refractivity contribution in [3.63, 3.8) is 0 Å². The first-order valence-electron chi connectivity index (χ1n) is 7.52. The lowest BCUT2D eigenvalue weighted by molar-refractivity contribution is 0.218. The Balaban J connectivity index is 2.31. The van der Waals surface area contributed by atoms with E-state index in [2.05, 4.69) is 57.1 Å². The Morgan fingerprint density at radius 2 is 2.00 bits per heavy atom. The van der Waals surface area contributed by atoms with Gasteiger partial charge < -0.3 is 15.0 Å². The standard InChI is InChI=1S/C17H26N2O/c1-6-12(4)20-14-7-8-17-15(9-14)16(13(5)19-17)10-18-11(2)3/h7-9,11-12,18-19H,6,10H2,1-5H3/t12-/m0/s1. The highest BCUT2D eigenvalue weighted by Crippen LogP contribution is 2.27. The highest BCUT2D eigenvalue weighted by molar-refractivity contribution is 5.86. The third-order valence-corrected chi connectivity index (χ3v) is 3.69. The molecule has 0 saturated heterocycles. The third-order valence-electron chi connectivity index (χ3n) is 3.69. The van der Waals surface area contributed by atoms with Crippen LogP contribution < -0.4 is 10.1 Å². The van der Waals surface area contributed by atoms with Crippen LogP contribution in [0.4, 0.5) is 0 Å². The molecule has 0 aliphatic rings. The molecule has 1 aromatic heterocycles. The molecule has 1 atom stereocenters. The summed E-state index contributed by atoms with van der Waals surface area (Å²) in [4.78, 5) is 3.45. The Morgan fingerprint density at radius 3 is 2.65 bits per heavy atom. The molecular weight excluding hydrogens is 248 g/mol. The zero-order valence-electron chi connectivity index (χ0n) is 13.2. The van der Waals surface area contributed by atoms with Gasteiger partial charge in [-0.05, 0) is 44.0 Å². The molecule has 2 rings (SSSR count). The SMILES string of the molecule is CC[C@H](C)Oc1ccc2[nH]c(C)c(CNC(C)C)c2c1. The number of hydrogen-bond acceptors (Lipinski definition) is 2. The zero-order chi connectivity index (χ0) is 14.7. The summed E-state index contributed by atoms with van der Waals surface area (Å²) >= 11 is 0. The van der Waals surface area contributed by atoms with E-state index >= 15 is 0 Å². The van der Waals surface area contributed by atoms with E-state index in [1.807, 2.05) is 6.07 Å². The first-order chi connectivity index (χ1) is 9.51. The number of aromatic amines is 1. The Hall–Kier alpha value is -1.48. The monoisotopic (exact) mass is 274 g/mol. The van der Waals surface area contributed by atoms with Gasteiger partial charge in [-0.2, -0.15) is 0 Å². The van der Waals surface area contributed by atoms with E-state index in [0.29, 0.717) is 6.04 Å². The van der Waals surface area contributed by atoms with Gasteiger partial charge in [0.2, 0.25) is 0 Å². The van der Waals surface area contributed by atoms with Crippen LogP contribution in [0.2, 0.25) is 0 Å². The maximum absolute atomic E-state index is 5.93. The number of hydrogen-bond donors (Lipinski definition) is 2. The van der Waals surface area contributed by atoms with Gasteiger partial charge in [-0.15, -0.1) is 0 Å². The number of benzene rings is 1. The quantitative estimate of drug-likeness (QED) is 0.830. The van der Waals surface area contributed by atoms with Crippen molar-refractivity contribution >= 4 is 10.9 Å². The van der Waals surface area contributed by atoms with Crippen molar-refractivity contribution in [1.82, 2.24) is 10.3 Å². The summed E-state index contributed by atoms with van der Waals surface area (Å²) in [6, 6.07) is 6.80. The summed E-state index contributed by atoms with van der Waals surface area (Å²) in [6.07, 6.45) is 1.27. The number of H-pyrrole nitrogens is 1. The van der Waals surface area contributed by atoms with Crippen molar-refractivity contribution in [2.75, 3.05) is 0 Å². The second-order valence-corrected chi connectivity index (χ2v) is 5.81. The summed E-state index contributed by atoms with van der Waals surface area (Å²) in [6.45, 7) is 11.6. The molecule has 0 amide bonds. The van der Waals surface area contributed by atoms with Crippen LogP contribution in [-0.2, 0) is 6.54 Å². The van der Waals surface area contributed by atoms with Crippen LogP contribution in [0.15, 0.2) is 18.2 Å². The molecular formula is C17H26N2O. The molecule has 0 unspecified atom stereocenters. The van der Waals surface area contributed by atoms with Crippen LogP contribution >= 0.6 is 0 Å². The molecule has 0 aliphatic heterocycles. The van der Waals surface area contributed by atoms with Gasteiger partial charge in [-0.1, -0.05) is 20.8 Å². The Morgan fingerprint density at radius 1 is 1.25 bits per heavy atom. The molecule has 110 valence electrons. The van der Waals surface area contributed by atoms with Crippen molar-refractivity contribution in [2.24, 2.45) is 0 Å². The molecule has 2 N–H and O–H groups in total. The summed E-state index contributed by atoms with van der Waals surface area (Å²) < 4.78 is 5.93. The number of rotatable bonds is 6. The average molecular weight is 274 g/mol. The first kappa shape index (κ1) is 14.9. The van der Waals surface area contributed by atoms with E-state index in [9.17, 15) is 0 Å². The lowest BCUT2D eigenvalue weighted by Gasteiger charge is -2.13. The van der Waals surface area contributed by atoms with Crippen LogP contribution in [-0.4, -0.2) is 17.1 Å². The average Bonchev–Trinajstić information content (AvgIpc) is 2.71. The van der Waals surface area contributed by atoms with Gasteiger partial charge in [0.05, 0.1) is 6.10 Å². The van der Waals surface area contributed by atoms with Crippen molar-refractivity contribution < 1.29 is 4.74 Å². The Bertz CT molecular complexity index is 572. The number of fused-ring (bicyclic) bond motifs is 1. The van der Waals surface area contributed by atoms with Crippen LogP contribution in [0.3, 0.4) is 0 Å². The minimum Gasteiger partial charge on any atom is -0.491 e. The van der Waals surface area contributed by atoms with Crippen molar-refractivity contribution in [3.05, 3.63) is 29.5 Å². The predicted molar refractivity (Wildman–Crippen MR) is 85.4 cm³/mol. The van der Waals surface area contributed by atoms with Crippen molar-refractivity contribution in [1.29, 1.82) is 0 Å². The van der Waals surface area contributed by atoms with Gasteiger partial charge in [0.15, 0.2) is 0 Å². The summed E-state index contributed by atoms with van der Waals surface area (Å²) in [5, 5.41) is 4.75. The molecule has 3 nitrogen and oxygen atoms in total. The van der Waals surface area contributed by atoms with Crippen molar-refractivity contribution in [2.45, 2.75) is 59.7 Å². The number of ether oxygens (including phenoxy) is 1. The molecule has 0 bridgehead atoms. The van der Waals surface area contributed by atoms with Crippen molar-refractivity contribution in [3.8, 4) is 5.75 Å².